The van der Waals surface area contributed by atoms with Gasteiger partial charge >= 0.3 is 0 Å². The Bertz CT molecular complexity index is 971. The number of rotatable bonds is 3. The summed E-state index contributed by atoms with van der Waals surface area (Å²) in [4.78, 5) is 15.1. The number of carbonyl (C=O) groups is 1. The Hall–Kier alpha value is -2.99. The number of piperidine rings is 1. The van der Waals surface area contributed by atoms with E-state index in [0.717, 1.165) is 24.0 Å². The molecule has 144 valence electrons. The SMILES string of the molecule is Cc1ccc(-c2nn(-c3ccc(F)cc3)cc2C(=O)N2CCC(N)CC2)cc1. The summed E-state index contributed by atoms with van der Waals surface area (Å²) in [6.45, 7) is 3.31. The van der Waals surface area contributed by atoms with E-state index in [4.69, 9.17) is 5.73 Å². The van der Waals surface area contributed by atoms with Crippen molar-refractivity contribution in [3.05, 3.63) is 71.7 Å². The van der Waals surface area contributed by atoms with Gasteiger partial charge in [-0.2, -0.15) is 5.10 Å². The lowest BCUT2D eigenvalue weighted by Crippen LogP contribution is -2.42. The molecular formula is C22H23FN4O. The van der Waals surface area contributed by atoms with E-state index >= 15 is 0 Å². The smallest absolute Gasteiger partial charge is 0.257 e. The maximum atomic E-state index is 13.3. The van der Waals surface area contributed by atoms with Gasteiger partial charge in [0.1, 0.15) is 11.5 Å². The first-order valence-electron chi connectivity index (χ1n) is 9.49. The fourth-order valence-corrected chi connectivity index (χ4v) is 3.45. The quantitative estimate of drug-likeness (QED) is 0.758. The van der Waals surface area contributed by atoms with Crippen LogP contribution < -0.4 is 5.73 Å². The molecule has 1 aliphatic heterocycles. The minimum Gasteiger partial charge on any atom is -0.338 e. The molecule has 0 bridgehead atoms. The minimum atomic E-state index is -0.310. The van der Waals surface area contributed by atoms with Crippen LogP contribution >= 0.6 is 0 Å². The lowest BCUT2D eigenvalue weighted by atomic mass is 10.0. The van der Waals surface area contributed by atoms with Gasteiger partial charge in [0.05, 0.1) is 11.3 Å². The Balaban J connectivity index is 1.75. The molecule has 4 rings (SSSR count). The van der Waals surface area contributed by atoms with Gasteiger partial charge in [-0.05, 0) is 44.0 Å². The highest BCUT2D eigenvalue weighted by Crippen LogP contribution is 2.26. The number of nitrogens with zero attached hydrogens (tertiary/aromatic N) is 3. The van der Waals surface area contributed by atoms with E-state index in [0.29, 0.717) is 30.0 Å². The molecule has 2 aromatic carbocycles. The molecular weight excluding hydrogens is 355 g/mol. The number of hydrogen-bond acceptors (Lipinski definition) is 3. The van der Waals surface area contributed by atoms with Crippen molar-refractivity contribution >= 4 is 5.91 Å². The molecule has 1 fully saturated rings. The van der Waals surface area contributed by atoms with Crippen LogP contribution in [0.5, 0.6) is 0 Å². The van der Waals surface area contributed by atoms with Crippen LogP contribution in [-0.4, -0.2) is 39.7 Å². The second kappa shape index (κ2) is 7.56. The normalized spacial score (nSPS) is 15.0. The Kier molecular flexibility index (Phi) is 4.96. The van der Waals surface area contributed by atoms with Gasteiger partial charge in [0.25, 0.3) is 5.91 Å². The van der Waals surface area contributed by atoms with Gasteiger partial charge in [-0.25, -0.2) is 9.07 Å². The van der Waals surface area contributed by atoms with Crippen molar-refractivity contribution in [1.29, 1.82) is 0 Å². The molecule has 5 nitrogen and oxygen atoms in total. The van der Waals surface area contributed by atoms with Crippen LogP contribution in [0.1, 0.15) is 28.8 Å². The summed E-state index contributed by atoms with van der Waals surface area (Å²) in [5, 5.41) is 4.66. The second-order valence-electron chi connectivity index (χ2n) is 7.31. The summed E-state index contributed by atoms with van der Waals surface area (Å²) in [5.41, 5.74) is 9.87. The molecule has 1 aliphatic rings. The Morgan fingerprint density at radius 3 is 2.36 bits per heavy atom. The number of benzene rings is 2. The third-order valence-electron chi connectivity index (χ3n) is 5.19. The van der Waals surface area contributed by atoms with Gasteiger partial charge < -0.3 is 10.6 Å². The van der Waals surface area contributed by atoms with E-state index < -0.39 is 0 Å². The summed E-state index contributed by atoms with van der Waals surface area (Å²) >= 11 is 0. The number of hydrogen-bond donors (Lipinski definition) is 1. The average Bonchev–Trinajstić information content (AvgIpc) is 3.14. The highest BCUT2D eigenvalue weighted by Gasteiger charge is 2.26. The van der Waals surface area contributed by atoms with E-state index in [-0.39, 0.29) is 17.8 Å². The maximum Gasteiger partial charge on any atom is 0.257 e. The van der Waals surface area contributed by atoms with Crippen molar-refractivity contribution in [3.8, 4) is 16.9 Å². The largest absolute Gasteiger partial charge is 0.338 e. The molecule has 1 saturated heterocycles. The van der Waals surface area contributed by atoms with Crippen molar-refractivity contribution in [1.82, 2.24) is 14.7 Å². The molecule has 3 aromatic rings. The molecule has 6 heteroatoms. The van der Waals surface area contributed by atoms with Crippen LogP contribution in [0, 0.1) is 12.7 Å². The molecule has 28 heavy (non-hydrogen) atoms. The highest BCUT2D eigenvalue weighted by molar-refractivity contribution is 6.00. The number of aromatic nitrogens is 2. The number of halogens is 1. The first-order chi connectivity index (χ1) is 13.5. The number of amides is 1. The molecule has 1 amide bonds. The monoisotopic (exact) mass is 378 g/mol. The van der Waals surface area contributed by atoms with Crippen LogP contribution in [-0.2, 0) is 0 Å². The molecule has 2 N–H and O–H groups in total. The van der Waals surface area contributed by atoms with E-state index in [1.807, 2.05) is 36.1 Å². The summed E-state index contributed by atoms with van der Waals surface area (Å²) in [7, 11) is 0. The van der Waals surface area contributed by atoms with Gasteiger partial charge in [0.2, 0.25) is 0 Å². The van der Waals surface area contributed by atoms with Crippen molar-refractivity contribution in [2.45, 2.75) is 25.8 Å². The highest BCUT2D eigenvalue weighted by atomic mass is 19.1. The lowest BCUT2D eigenvalue weighted by Gasteiger charge is -2.30. The Labute approximate surface area is 163 Å². The van der Waals surface area contributed by atoms with E-state index in [2.05, 4.69) is 5.10 Å². The third-order valence-corrected chi connectivity index (χ3v) is 5.19. The topological polar surface area (TPSA) is 64.2 Å². The zero-order valence-corrected chi connectivity index (χ0v) is 15.8. The average molecular weight is 378 g/mol. The van der Waals surface area contributed by atoms with Crippen LogP contribution in [0.25, 0.3) is 16.9 Å². The van der Waals surface area contributed by atoms with E-state index in [9.17, 15) is 9.18 Å². The van der Waals surface area contributed by atoms with Gasteiger partial charge in [-0.15, -0.1) is 0 Å². The van der Waals surface area contributed by atoms with Gasteiger partial charge in [0, 0.05) is 30.9 Å². The summed E-state index contributed by atoms with van der Waals surface area (Å²) in [5.74, 6) is -0.355. The predicted molar refractivity (Wildman–Crippen MR) is 107 cm³/mol. The fraction of sp³-hybridized carbons (Fsp3) is 0.273. The molecule has 0 radical (unpaired) electrons. The van der Waals surface area contributed by atoms with Crippen LogP contribution in [0.3, 0.4) is 0 Å². The molecule has 0 aliphatic carbocycles. The van der Waals surface area contributed by atoms with Gasteiger partial charge in [0.15, 0.2) is 0 Å². The first-order valence-corrected chi connectivity index (χ1v) is 9.49. The van der Waals surface area contributed by atoms with Crippen LogP contribution in [0.4, 0.5) is 4.39 Å². The zero-order chi connectivity index (χ0) is 19.7. The molecule has 2 heterocycles. The summed E-state index contributed by atoms with van der Waals surface area (Å²) < 4.78 is 14.9. The second-order valence-corrected chi connectivity index (χ2v) is 7.31. The Morgan fingerprint density at radius 2 is 1.71 bits per heavy atom. The maximum absolute atomic E-state index is 13.3. The molecule has 0 saturated carbocycles. The molecule has 0 atom stereocenters. The minimum absolute atomic E-state index is 0.0455. The van der Waals surface area contributed by atoms with E-state index in [1.54, 1.807) is 23.0 Å². The molecule has 0 spiro atoms. The third kappa shape index (κ3) is 3.68. The van der Waals surface area contributed by atoms with Crippen LogP contribution in [0.15, 0.2) is 54.7 Å². The van der Waals surface area contributed by atoms with Gasteiger partial charge in [-0.1, -0.05) is 29.8 Å². The Morgan fingerprint density at radius 1 is 1.07 bits per heavy atom. The van der Waals surface area contributed by atoms with Crippen molar-refractivity contribution in [2.24, 2.45) is 5.73 Å². The van der Waals surface area contributed by atoms with Crippen molar-refractivity contribution < 1.29 is 9.18 Å². The molecule has 1 aromatic heterocycles. The van der Waals surface area contributed by atoms with Gasteiger partial charge in [-0.3, -0.25) is 4.79 Å². The predicted octanol–water partition coefficient (Wildman–Crippen LogP) is 3.55. The number of aryl methyl sites for hydroxylation is 1. The standard InChI is InChI=1S/C22H23FN4O/c1-15-2-4-16(5-3-15)21-20(22(28)26-12-10-18(24)11-13-26)14-27(25-21)19-8-6-17(23)7-9-19/h2-9,14,18H,10-13,24H2,1H3. The van der Waals surface area contributed by atoms with E-state index in [1.165, 1.54) is 12.1 Å². The van der Waals surface area contributed by atoms with Crippen LogP contribution in [0.2, 0.25) is 0 Å². The van der Waals surface area contributed by atoms with Crippen molar-refractivity contribution in [3.63, 3.8) is 0 Å². The van der Waals surface area contributed by atoms with Crippen molar-refractivity contribution in [2.75, 3.05) is 13.1 Å². The zero-order valence-electron chi connectivity index (χ0n) is 15.8. The summed E-state index contributed by atoms with van der Waals surface area (Å²) in [6.07, 6.45) is 3.34. The fourth-order valence-electron chi connectivity index (χ4n) is 3.45. The molecule has 0 unspecified atom stereocenters. The number of carbonyl (C=O) groups excluding carboxylic acids is 1. The number of likely N-dealkylation sites (tertiary alicyclic amines) is 1. The summed E-state index contributed by atoms with van der Waals surface area (Å²) in [6, 6.07) is 14.2. The number of nitrogens with two attached hydrogens (primary N) is 1. The first kappa shape index (κ1) is 18.4. The lowest BCUT2D eigenvalue weighted by molar-refractivity contribution is 0.0715.